The SMILES string of the molecule is CN(CC(C(=O)O)c1ccccc1)CC(C)(C)CN. The van der Waals surface area contributed by atoms with E-state index in [1.54, 1.807) is 0 Å². The van der Waals surface area contributed by atoms with Gasteiger partial charge in [-0.05, 0) is 24.6 Å². The van der Waals surface area contributed by atoms with Crippen molar-refractivity contribution >= 4 is 5.97 Å². The van der Waals surface area contributed by atoms with Crippen LogP contribution >= 0.6 is 0 Å². The number of carbonyl (C=O) groups is 1. The zero-order valence-corrected chi connectivity index (χ0v) is 12.0. The lowest BCUT2D eigenvalue weighted by atomic mass is 9.92. The molecule has 3 N–H and O–H groups in total. The van der Waals surface area contributed by atoms with Crippen molar-refractivity contribution < 1.29 is 9.90 Å². The van der Waals surface area contributed by atoms with Gasteiger partial charge in [0.15, 0.2) is 0 Å². The number of carboxylic acid groups (broad SMARTS) is 1. The number of carboxylic acids is 1. The summed E-state index contributed by atoms with van der Waals surface area (Å²) in [6.45, 7) is 6.02. The second kappa shape index (κ2) is 6.68. The number of aliphatic carboxylic acids is 1. The van der Waals surface area contributed by atoms with E-state index in [2.05, 4.69) is 13.8 Å². The van der Waals surface area contributed by atoms with Crippen molar-refractivity contribution in [3.63, 3.8) is 0 Å². The fourth-order valence-corrected chi connectivity index (χ4v) is 2.18. The van der Waals surface area contributed by atoms with Crippen molar-refractivity contribution in [3.05, 3.63) is 35.9 Å². The summed E-state index contributed by atoms with van der Waals surface area (Å²) in [7, 11) is 1.94. The van der Waals surface area contributed by atoms with E-state index in [9.17, 15) is 9.90 Å². The number of hydrogen-bond acceptors (Lipinski definition) is 3. The van der Waals surface area contributed by atoms with Crippen LogP contribution in [0, 0.1) is 5.41 Å². The molecular weight excluding hydrogens is 240 g/mol. The Hall–Kier alpha value is -1.39. The van der Waals surface area contributed by atoms with Gasteiger partial charge < -0.3 is 15.7 Å². The first kappa shape index (κ1) is 15.7. The van der Waals surface area contributed by atoms with Gasteiger partial charge in [-0.1, -0.05) is 44.2 Å². The van der Waals surface area contributed by atoms with E-state index in [0.717, 1.165) is 12.1 Å². The van der Waals surface area contributed by atoms with Crippen LogP contribution < -0.4 is 5.73 Å². The van der Waals surface area contributed by atoms with Crippen LogP contribution in [0.2, 0.25) is 0 Å². The second-order valence-electron chi connectivity index (χ2n) is 5.87. The van der Waals surface area contributed by atoms with Gasteiger partial charge in [-0.3, -0.25) is 4.79 Å². The fraction of sp³-hybridized carbons (Fsp3) is 0.533. The highest BCUT2D eigenvalue weighted by Gasteiger charge is 2.24. The normalized spacial score (nSPS) is 13.5. The standard InChI is InChI=1S/C15H24N2O2/c1-15(2,10-16)11-17(3)9-13(14(18)19)12-7-5-4-6-8-12/h4-8,13H,9-11,16H2,1-3H3,(H,18,19). The largest absolute Gasteiger partial charge is 0.481 e. The summed E-state index contributed by atoms with van der Waals surface area (Å²) >= 11 is 0. The molecule has 106 valence electrons. The lowest BCUT2D eigenvalue weighted by Gasteiger charge is -2.30. The first-order valence-electron chi connectivity index (χ1n) is 6.52. The molecule has 1 atom stereocenters. The number of nitrogens with two attached hydrogens (primary N) is 1. The molecule has 4 heteroatoms. The Kier molecular flexibility index (Phi) is 5.51. The van der Waals surface area contributed by atoms with E-state index in [4.69, 9.17) is 5.73 Å². The first-order chi connectivity index (χ1) is 8.85. The minimum absolute atomic E-state index is 0.00547. The van der Waals surface area contributed by atoms with Gasteiger partial charge in [0.1, 0.15) is 0 Å². The zero-order valence-electron chi connectivity index (χ0n) is 12.0. The smallest absolute Gasteiger partial charge is 0.312 e. The Bertz CT molecular complexity index is 404. The Morgan fingerprint density at radius 3 is 2.42 bits per heavy atom. The van der Waals surface area contributed by atoms with Gasteiger partial charge in [-0.15, -0.1) is 0 Å². The number of hydrogen-bond donors (Lipinski definition) is 2. The molecular formula is C15H24N2O2. The van der Waals surface area contributed by atoms with Gasteiger partial charge >= 0.3 is 5.97 Å². The third kappa shape index (κ3) is 5.01. The molecule has 0 aliphatic rings. The Morgan fingerprint density at radius 2 is 1.95 bits per heavy atom. The lowest BCUT2D eigenvalue weighted by molar-refractivity contribution is -0.139. The number of benzene rings is 1. The molecule has 1 aromatic carbocycles. The van der Waals surface area contributed by atoms with Crippen LogP contribution in [0.15, 0.2) is 30.3 Å². The van der Waals surface area contributed by atoms with E-state index < -0.39 is 11.9 Å². The van der Waals surface area contributed by atoms with Crippen LogP contribution in [0.1, 0.15) is 25.3 Å². The van der Waals surface area contributed by atoms with E-state index >= 15 is 0 Å². The van der Waals surface area contributed by atoms with Gasteiger partial charge in [0.05, 0.1) is 5.92 Å². The molecule has 1 aromatic rings. The average molecular weight is 264 g/mol. The first-order valence-corrected chi connectivity index (χ1v) is 6.52. The van der Waals surface area contributed by atoms with Crippen LogP contribution in [0.3, 0.4) is 0 Å². The van der Waals surface area contributed by atoms with Crippen molar-refractivity contribution in [2.45, 2.75) is 19.8 Å². The molecule has 0 heterocycles. The van der Waals surface area contributed by atoms with Gasteiger partial charge in [-0.2, -0.15) is 0 Å². The predicted molar refractivity (Wildman–Crippen MR) is 77.2 cm³/mol. The maximum absolute atomic E-state index is 11.4. The maximum atomic E-state index is 11.4. The summed E-state index contributed by atoms with van der Waals surface area (Å²) in [5, 5.41) is 9.38. The minimum atomic E-state index is -0.788. The molecule has 0 bridgehead atoms. The van der Waals surface area contributed by atoms with Gasteiger partial charge in [0.2, 0.25) is 0 Å². The van der Waals surface area contributed by atoms with E-state index in [0.29, 0.717) is 13.1 Å². The van der Waals surface area contributed by atoms with E-state index in [-0.39, 0.29) is 5.41 Å². The van der Waals surface area contributed by atoms with Gasteiger partial charge in [-0.25, -0.2) is 0 Å². The summed E-state index contributed by atoms with van der Waals surface area (Å²) in [6.07, 6.45) is 0. The number of nitrogens with zero attached hydrogens (tertiary/aromatic N) is 1. The molecule has 0 saturated carbocycles. The topological polar surface area (TPSA) is 66.6 Å². The Balaban J connectivity index is 2.73. The summed E-state index contributed by atoms with van der Waals surface area (Å²) < 4.78 is 0. The van der Waals surface area contributed by atoms with Crippen LogP contribution in [-0.2, 0) is 4.79 Å². The van der Waals surface area contributed by atoms with Crippen molar-refractivity contribution in [1.29, 1.82) is 0 Å². The molecule has 1 rings (SSSR count). The highest BCUT2D eigenvalue weighted by Crippen LogP contribution is 2.20. The molecule has 0 radical (unpaired) electrons. The molecule has 0 fully saturated rings. The third-order valence-electron chi connectivity index (χ3n) is 3.24. The summed E-state index contributed by atoms with van der Waals surface area (Å²) in [5.74, 6) is -1.29. The summed E-state index contributed by atoms with van der Waals surface area (Å²) in [6, 6.07) is 9.36. The van der Waals surface area contributed by atoms with Crippen LogP contribution in [0.25, 0.3) is 0 Å². The van der Waals surface area contributed by atoms with Gasteiger partial charge in [0, 0.05) is 13.1 Å². The quantitative estimate of drug-likeness (QED) is 0.787. The summed E-state index contributed by atoms with van der Waals surface area (Å²) in [5.41, 5.74) is 6.55. The maximum Gasteiger partial charge on any atom is 0.312 e. The summed E-state index contributed by atoms with van der Waals surface area (Å²) in [4.78, 5) is 13.5. The predicted octanol–water partition coefficient (Wildman–Crippen LogP) is 1.77. The van der Waals surface area contributed by atoms with E-state index in [1.807, 2.05) is 42.3 Å². The average Bonchev–Trinajstić information content (AvgIpc) is 2.36. The lowest BCUT2D eigenvalue weighted by Crippen LogP contribution is -2.39. The molecule has 0 amide bonds. The molecule has 19 heavy (non-hydrogen) atoms. The van der Waals surface area contributed by atoms with Crippen molar-refractivity contribution in [2.75, 3.05) is 26.7 Å². The Labute approximate surface area is 115 Å². The number of rotatable bonds is 7. The molecule has 0 saturated heterocycles. The molecule has 0 aliphatic carbocycles. The minimum Gasteiger partial charge on any atom is -0.481 e. The van der Waals surface area contributed by atoms with Crippen molar-refractivity contribution in [3.8, 4) is 0 Å². The molecule has 0 aliphatic heterocycles. The van der Waals surface area contributed by atoms with Crippen LogP contribution in [0.5, 0.6) is 0 Å². The molecule has 0 spiro atoms. The highest BCUT2D eigenvalue weighted by molar-refractivity contribution is 5.76. The van der Waals surface area contributed by atoms with Crippen LogP contribution in [0.4, 0.5) is 0 Å². The number of likely N-dealkylation sites (N-methyl/N-ethyl adjacent to an activating group) is 1. The third-order valence-corrected chi connectivity index (χ3v) is 3.24. The van der Waals surface area contributed by atoms with E-state index in [1.165, 1.54) is 0 Å². The molecule has 0 aromatic heterocycles. The Morgan fingerprint density at radius 1 is 1.37 bits per heavy atom. The fourth-order valence-electron chi connectivity index (χ4n) is 2.18. The van der Waals surface area contributed by atoms with Crippen LogP contribution in [-0.4, -0.2) is 42.7 Å². The molecule has 1 unspecified atom stereocenters. The van der Waals surface area contributed by atoms with Gasteiger partial charge in [0.25, 0.3) is 0 Å². The monoisotopic (exact) mass is 264 g/mol. The van der Waals surface area contributed by atoms with Crippen molar-refractivity contribution in [2.24, 2.45) is 11.1 Å². The van der Waals surface area contributed by atoms with Crippen molar-refractivity contribution in [1.82, 2.24) is 4.90 Å². The zero-order chi connectivity index (χ0) is 14.5. The second-order valence-corrected chi connectivity index (χ2v) is 5.87. The molecule has 4 nitrogen and oxygen atoms in total. The highest BCUT2D eigenvalue weighted by atomic mass is 16.4.